The molecule has 178 valence electrons. The van der Waals surface area contributed by atoms with E-state index >= 15 is 0 Å². The molecule has 10 nitrogen and oxygen atoms in total. The van der Waals surface area contributed by atoms with Crippen LogP contribution in [0.3, 0.4) is 0 Å². The largest absolute Gasteiger partial charge is 0.373 e. The highest BCUT2D eigenvalue weighted by molar-refractivity contribution is 7.89. The zero-order valence-corrected chi connectivity index (χ0v) is 19.9. The van der Waals surface area contributed by atoms with Crippen LogP contribution in [0.4, 0.5) is 0 Å². The number of amides is 1. The molecule has 2 unspecified atom stereocenters. The molecule has 0 aliphatic carbocycles. The van der Waals surface area contributed by atoms with E-state index in [1.54, 1.807) is 4.90 Å². The normalized spacial score (nSPS) is 23.8. The molecule has 12 heteroatoms. The second-order valence-electron chi connectivity index (χ2n) is 7.94. The number of benzene rings is 1. The maximum atomic E-state index is 13.0. The molecule has 2 aliphatic rings. The Morgan fingerprint density at radius 3 is 2.12 bits per heavy atom. The van der Waals surface area contributed by atoms with Gasteiger partial charge in [0.05, 0.1) is 17.1 Å². The minimum absolute atomic E-state index is 0.0563. The number of carbonyl (C=O) groups excluding carboxylic acids is 1. The van der Waals surface area contributed by atoms with Gasteiger partial charge in [-0.05, 0) is 38.1 Å². The molecule has 2 fully saturated rings. The van der Waals surface area contributed by atoms with Gasteiger partial charge in [0.15, 0.2) is 0 Å². The molecule has 3 rings (SSSR count). The van der Waals surface area contributed by atoms with Gasteiger partial charge in [-0.25, -0.2) is 13.1 Å². The Bertz CT molecular complexity index is 1020. The summed E-state index contributed by atoms with van der Waals surface area (Å²) in [7, 11) is -7.29. The molecule has 0 bridgehead atoms. The smallest absolute Gasteiger partial charge is 0.282 e. The number of piperazine rings is 1. The molecule has 1 N–H and O–H groups in total. The van der Waals surface area contributed by atoms with Crippen LogP contribution in [0.2, 0.25) is 0 Å². The van der Waals surface area contributed by atoms with Crippen molar-refractivity contribution >= 4 is 26.1 Å². The van der Waals surface area contributed by atoms with Crippen LogP contribution in [0.25, 0.3) is 0 Å². The maximum absolute atomic E-state index is 13.0. The Kier molecular flexibility index (Phi) is 7.73. The van der Waals surface area contributed by atoms with Crippen molar-refractivity contribution in [3.05, 3.63) is 42.5 Å². The maximum Gasteiger partial charge on any atom is 0.282 e. The lowest BCUT2D eigenvalue weighted by atomic mass is 10.2. The average molecular weight is 487 g/mol. The zero-order chi connectivity index (χ0) is 23.5. The molecule has 2 atom stereocenters. The third-order valence-corrected chi connectivity index (χ3v) is 8.80. The van der Waals surface area contributed by atoms with Gasteiger partial charge in [-0.1, -0.05) is 6.08 Å². The van der Waals surface area contributed by atoms with Crippen molar-refractivity contribution in [3.63, 3.8) is 0 Å². The molecule has 0 saturated carbocycles. The van der Waals surface area contributed by atoms with Gasteiger partial charge in [0.2, 0.25) is 10.0 Å². The minimum Gasteiger partial charge on any atom is -0.373 e. The van der Waals surface area contributed by atoms with Gasteiger partial charge < -0.3 is 9.64 Å². The number of ether oxygens (including phenoxy) is 1. The van der Waals surface area contributed by atoms with E-state index in [9.17, 15) is 21.6 Å². The molecule has 0 radical (unpaired) electrons. The van der Waals surface area contributed by atoms with E-state index in [0.717, 1.165) is 0 Å². The van der Waals surface area contributed by atoms with Gasteiger partial charge in [0, 0.05) is 51.4 Å². The lowest BCUT2D eigenvalue weighted by molar-refractivity contribution is -0.0457. The highest BCUT2D eigenvalue weighted by Crippen LogP contribution is 2.20. The van der Waals surface area contributed by atoms with Crippen molar-refractivity contribution < 1.29 is 26.4 Å². The molecule has 32 heavy (non-hydrogen) atoms. The molecule has 2 aliphatic heterocycles. The Hall–Kier alpha value is -1.83. The number of carbonyl (C=O) groups is 1. The van der Waals surface area contributed by atoms with Gasteiger partial charge in [-0.3, -0.25) is 4.79 Å². The third-order valence-electron chi connectivity index (χ3n) is 5.39. The fourth-order valence-electron chi connectivity index (χ4n) is 3.82. The highest BCUT2D eigenvalue weighted by Gasteiger charge is 2.37. The average Bonchev–Trinajstić information content (AvgIpc) is 2.77. The summed E-state index contributed by atoms with van der Waals surface area (Å²) in [5.74, 6) is -0.265. The monoisotopic (exact) mass is 486 g/mol. The van der Waals surface area contributed by atoms with Crippen LogP contribution in [0, 0.1) is 0 Å². The van der Waals surface area contributed by atoms with E-state index in [0.29, 0.717) is 18.7 Å². The molecular weight excluding hydrogens is 456 g/mol. The predicted octanol–water partition coefficient (Wildman–Crippen LogP) is 0.263. The van der Waals surface area contributed by atoms with E-state index in [2.05, 4.69) is 11.3 Å². The van der Waals surface area contributed by atoms with Gasteiger partial charge in [-0.15, -0.1) is 6.58 Å². The van der Waals surface area contributed by atoms with Crippen molar-refractivity contribution in [3.8, 4) is 0 Å². The fraction of sp³-hybridized carbons (Fsp3) is 0.550. The number of hydrogen-bond donors (Lipinski definition) is 1. The summed E-state index contributed by atoms with van der Waals surface area (Å²) >= 11 is 0. The number of morpholine rings is 1. The van der Waals surface area contributed by atoms with Crippen molar-refractivity contribution in [2.45, 2.75) is 31.0 Å². The van der Waals surface area contributed by atoms with E-state index < -0.39 is 20.2 Å². The first-order valence-electron chi connectivity index (χ1n) is 10.4. The predicted molar refractivity (Wildman–Crippen MR) is 120 cm³/mol. The number of hydrogen-bond acceptors (Lipinski definition) is 6. The third kappa shape index (κ3) is 5.56. The Morgan fingerprint density at radius 2 is 1.59 bits per heavy atom. The van der Waals surface area contributed by atoms with Crippen LogP contribution in [-0.4, -0.2) is 94.3 Å². The number of nitrogens with zero attached hydrogens (tertiary/aromatic N) is 3. The molecule has 2 saturated heterocycles. The second-order valence-corrected chi connectivity index (χ2v) is 11.6. The summed E-state index contributed by atoms with van der Waals surface area (Å²) in [6, 6.07) is 5.68. The fourth-order valence-corrected chi connectivity index (χ4v) is 6.56. The molecular formula is C20H30N4O6S2. The number of sulfonamides is 1. The summed E-state index contributed by atoms with van der Waals surface area (Å²) < 4.78 is 61.2. The van der Waals surface area contributed by atoms with E-state index in [1.165, 1.54) is 39.0 Å². The van der Waals surface area contributed by atoms with Crippen LogP contribution in [0.15, 0.2) is 41.8 Å². The van der Waals surface area contributed by atoms with Crippen molar-refractivity contribution in [2.75, 3.05) is 45.8 Å². The first-order valence-corrected chi connectivity index (χ1v) is 13.3. The molecule has 2 heterocycles. The Morgan fingerprint density at radius 1 is 1.03 bits per heavy atom. The number of nitrogens with one attached hydrogen (secondary N) is 1. The zero-order valence-electron chi connectivity index (χ0n) is 18.3. The van der Waals surface area contributed by atoms with E-state index in [4.69, 9.17) is 4.74 Å². The SMILES string of the molecule is C=CCNS(=O)(=O)c1ccc(C(=O)N2CCN(S(=O)(=O)N3CC(C)OC(C)C3)CC2)cc1. The molecule has 0 spiro atoms. The number of rotatable bonds is 7. The van der Waals surface area contributed by atoms with Crippen LogP contribution in [-0.2, 0) is 25.0 Å². The van der Waals surface area contributed by atoms with Crippen molar-refractivity contribution in [1.82, 2.24) is 18.2 Å². The molecule has 1 amide bonds. The summed E-state index contributed by atoms with van der Waals surface area (Å²) in [5, 5.41) is 0. The summed E-state index contributed by atoms with van der Waals surface area (Å²) in [5.41, 5.74) is 0.347. The molecule has 1 aromatic rings. The summed E-state index contributed by atoms with van der Waals surface area (Å²) in [6.45, 7) is 8.81. The van der Waals surface area contributed by atoms with Crippen LogP contribution in [0.5, 0.6) is 0 Å². The van der Waals surface area contributed by atoms with Gasteiger partial charge in [0.25, 0.3) is 16.1 Å². The second kappa shape index (κ2) is 9.98. The highest BCUT2D eigenvalue weighted by atomic mass is 32.2. The Balaban J connectivity index is 1.61. The topological polar surface area (TPSA) is 116 Å². The quantitative estimate of drug-likeness (QED) is 0.553. The van der Waals surface area contributed by atoms with Crippen LogP contribution >= 0.6 is 0 Å². The summed E-state index contributed by atoms with van der Waals surface area (Å²) in [4.78, 5) is 14.5. The summed E-state index contributed by atoms with van der Waals surface area (Å²) in [6.07, 6.45) is 1.10. The first-order chi connectivity index (χ1) is 15.0. The standard InChI is InChI=1S/C20H30N4O6S2/c1-4-9-21-31(26,27)19-7-5-18(6-8-19)20(25)22-10-12-23(13-11-22)32(28,29)24-14-16(2)30-17(3)15-24/h4-8,16-17,21H,1,9-15H2,2-3H3. The lowest BCUT2D eigenvalue weighted by Gasteiger charge is -2.40. The van der Waals surface area contributed by atoms with E-state index in [1.807, 2.05) is 13.8 Å². The molecule has 0 aromatic heterocycles. The lowest BCUT2D eigenvalue weighted by Crippen LogP contribution is -2.57. The first kappa shape index (κ1) is 24.8. The van der Waals surface area contributed by atoms with Gasteiger partial charge in [0.1, 0.15) is 0 Å². The minimum atomic E-state index is -3.67. The van der Waals surface area contributed by atoms with Crippen LogP contribution < -0.4 is 4.72 Å². The Labute approximate surface area is 190 Å². The van der Waals surface area contributed by atoms with E-state index in [-0.39, 0.29) is 55.7 Å². The van der Waals surface area contributed by atoms with Crippen molar-refractivity contribution in [1.29, 1.82) is 0 Å². The van der Waals surface area contributed by atoms with Gasteiger partial charge >= 0.3 is 0 Å². The van der Waals surface area contributed by atoms with Crippen molar-refractivity contribution in [2.24, 2.45) is 0 Å². The molecule has 1 aromatic carbocycles. The van der Waals surface area contributed by atoms with Crippen LogP contribution in [0.1, 0.15) is 24.2 Å². The van der Waals surface area contributed by atoms with Gasteiger partial charge in [-0.2, -0.15) is 17.0 Å².